The summed E-state index contributed by atoms with van der Waals surface area (Å²) in [5, 5.41) is 75.7. The van der Waals surface area contributed by atoms with Crippen molar-refractivity contribution >= 4 is 5.91 Å². The fourth-order valence-electron chi connectivity index (χ4n) is 7.62. The van der Waals surface area contributed by atoms with Gasteiger partial charge in [-0.05, 0) is 32.1 Å². The third-order valence-electron chi connectivity index (χ3n) is 11.5. The molecule has 0 spiro atoms. The predicted octanol–water partition coefficient (Wildman–Crippen LogP) is 7.67. The zero-order valence-corrected chi connectivity index (χ0v) is 36.3. The molecule has 0 aliphatic carbocycles. The SMILES string of the molecule is CCC/C=C/CCCCCCCCCCC[C@@H](O)[C@@H](O)[C@H](CO[C@@H]1O[C@H](CO)[C@@H](O)[C@H](O)[C@H]1O)NC(=O)[C@H](O)CCCCCCCCCCCCCCCCCC. The summed E-state index contributed by atoms with van der Waals surface area (Å²) in [6, 6.07) is -1.16. The number of carbonyl (C=O) groups excluding carboxylic acids is 1. The standard InChI is InChI=1S/C46H89NO10/c1-3-5-7-9-11-13-15-17-19-20-22-24-26-28-30-32-34-39(50)45(55)47-37(36-56-46-44(54)43(53)42(52)40(35-48)57-46)41(51)38(49)33-31-29-27-25-23-21-18-16-14-12-10-8-6-4-2/h8,10,37-44,46,48-54H,3-7,9,11-36H2,1-2H3,(H,47,55)/b10-8+/t37-,38+,39+,40+,41-,42+,43-,44+,46+/m0/s1. The Kier molecular flexibility index (Phi) is 34.7. The van der Waals surface area contributed by atoms with Gasteiger partial charge >= 0.3 is 0 Å². The van der Waals surface area contributed by atoms with E-state index in [1.54, 1.807) is 0 Å². The minimum Gasteiger partial charge on any atom is -0.394 e. The van der Waals surface area contributed by atoms with Gasteiger partial charge in [0.25, 0.3) is 0 Å². The van der Waals surface area contributed by atoms with Gasteiger partial charge in [0.1, 0.15) is 36.6 Å². The molecule has 1 heterocycles. The van der Waals surface area contributed by atoms with Crippen LogP contribution in [0, 0.1) is 0 Å². The first kappa shape index (κ1) is 53.9. The third kappa shape index (κ3) is 26.6. The molecule has 0 aromatic rings. The highest BCUT2D eigenvalue weighted by molar-refractivity contribution is 5.80. The van der Waals surface area contributed by atoms with E-state index in [2.05, 4.69) is 31.3 Å². The zero-order chi connectivity index (χ0) is 41.9. The Morgan fingerprint density at radius 3 is 1.54 bits per heavy atom. The van der Waals surface area contributed by atoms with Gasteiger partial charge in [0.15, 0.2) is 6.29 Å². The summed E-state index contributed by atoms with van der Waals surface area (Å²) in [5.74, 6) is -0.697. The van der Waals surface area contributed by atoms with E-state index in [0.717, 1.165) is 44.9 Å². The second-order valence-electron chi connectivity index (χ2n) is 16.8. The van der Waals surface area contributed by atoms with Crippen LogP contribution in [-0.4, -0.2) is 110 Å². The molecule has 0 unspecified atom stereocenters. The number of hydrogen-bond acceptors (Lipinski definition) is 10. The Morgan fingerprint density at radius 2 is 1.05 bits per heavy atom. The number of aliphatic hydroxyl groups is 7. The van der Waals surface area contributed by atoms with Crippen LogP contribution in [0.1, 0.15) is 206 Å². The number of carbonyl (C=O) groups is 1. The van der Waals surface area contributed by atoms with Crippen LogP contribution in [0.15, 0.2) is 12.2 Å². The molecule has 338 valence electrons. The van der Waals surface area contributed by atoms with Gasteiger partial charge in [-0.25, -0.2) is 0 Å². The van der Waals surface area contributed by atoms with Crippen LogP contribution in [0.5, 0.6) is 0 Å². The van der Waals surface area contributed by atoms with Crippen molar-refractivity contribution in [3.8, 4) is 0 Å². The molecule has 0 radical (unpaired) electrons. The summed E-state index contributed by atoms with van der Waals surface area (Å²) in [4.78, 5) is 13.1. The minimum atomic E-state index is -1.66. The van der Waals surface area contributed by atoms with Crippen molar-refractivity contribution in [2.45, 2.75) is 262 Å². The van der Waals surface area contributed by atoms with Crippen molar-refractivity contribution in [1.29, 1.82) is 0 Å². The maximum absolute atomic E-state index is 13.1. The topological polar surface area (TPSA) is 189 Å². The monoisotopic (exact) mass is 816 g/mol. The van der Waals surface area contributed by atoms with Gasteiger partial charge in [0.2, 0.25) is 5.91 Å². The molecule has 57 heavy (non-hydrogen) atoms. The van der Waals surface area contributed by atoms with E-state index >= 15 is 0 Å². The first-order valence-electron chi connectivity index (χ1n) is 23.6. The normalized spacial score (nSPS) is 22.2. The summed E-state index contributed by atoms with van der Waals surface area (Å²) in [7, 11) is 0. The number of nitrogens with one attached hydrogen (secondary N) is 1. The minimum absolute atomic E-state index is 0.263. The number of allylic oxidation sites excluding steroid dienone is 2. The lowest BCUT2D eigenvalue weighted by Crippen LogP contribution is -2.60. The number of amides is 1. The van der Waals surface area contributed by atoms with Crippen molar-refractivity contribution in [2.24, 2.45) is 0 Å². The maximum atomic E-state index is 13.1. The Hall–Kier alpha value is -1.15. The van der Waals surface area contributed by atoms with Crippen LogP contribution in [0.4, 0.5) is 0 Å². The molecule has 1 fully saturated rings. The first-order valence-corrected chi connectivity index (χ1v) is 23.6. The molecule has 1 rings (SSSR count). The number of unbranched alkanes of at least 4 members (excludes halogenated alkanes) is 25. The number of ether oxygens (including phenoxy) is 2. The Bertz CT molecular complexity index is 939. The Balaban J connectivity index is 2.44. The molecule has 9 atom stereocenters. The van der Waals surface area contributed by atoms with Gasteiger partial charge in [-0.1, -0.05) is 187 Å². The molecule has 11 heteroatoms. The van der Waals surface area contributed by atoms with E-state index in [4.69, 9.17) is 9.47 Å². The summed E-state index contributed by atoms with van der Waals surface area (Å²) < 4.78 is 11.1. The van der Waals surface area contributed by atoms with E-state index in [1.807, 2.05) is 0 Å². The lowest BCUT2D eigenvalue weighted by atomic mass is 9.98. The number of hydrogen-bond donors (Lipinski definition) is 8. The van der Waals surface area contributed by atoms with Crippen molar-refractivity contribution in [2.75, 3.05) is 13.2 Å². The summed E-state index contributed by atoms with van der Waals surface area (Å²) in [6.45, 7) is 3.39. The number of aliphatic hydroxyl groups excluding tert-OH is 7. The van der Waals surface area contributed by atoms with Crippen LogP contribution in [0.25, 0.3) is 0 Å². The predicted molar refractivity (Wildman–Crippen MR) is 229 cm³/mol. The highest BCUT2D eigenvalue weighted by Crippen LogP contribution is 2.23. The largest absolute Gasteiger partial charge is 0.394 e. The van der Waals surface area contributed by atoms with Crippen LogP contribution in [-0.2, 0) is 14.3 Å². The molecule has 1 aliphatic rings. The fourth-order valence-corrected chi connectivity index (χ4v) is 7.62. The number of rotatable bonds is 39. The van der Waals surface area contributed by atoms with E-state index in [-0.39, 0.29) is 6.42 Å². The Morgan fingerprint density at radius 1 is 0.596 bits per heavy atom. The molecular formula is C46H89NO10. The van der Waals surface area contributed by atoms with Gasteiger partial charge in [0.05, 0.1) is 25.4 Å². The maximum Gasteiger partial charge on any atom is 0.249 e. The van der Waals surface area contributed by atoms with Crippen LogP contribution < -0.4 is 5.32 Å². The van der Waals surface area contributed by atoms with Crippen molar-refractivity contribution in [1.82, 2.24) is 5.32 Å². The third-order valence-corrected chi connectivity index (χ3v) is 11.5. The fraction of sp³-hybridized carbons (Fsp3) is 0.935. The molecule has 8 N–H and O–H groups in total. The quantitative estimate of drug-likeness (QED) is 0.0226. The second kappa shape index (κ2) is 36.7. The van der Waals surface area contributed by atoms with Crippen LogP contribution >= 0.6 is 0 Å². The highest BCUT2D eigenvalue weighted by Gasteiger charge is 2.44. The van der Waals surface area contributed by atoms with Crippen LogP contribution in [0.3, 0.4) is 0 Å². The average molecular weight is 816 g/mol. The molecular weight excluding hydrogens is 727 g/mol. The van der Waals surface area contributed by atoms with Crippen LogP contribution in [0.2, 0.25) is 0 Å². The molecule has 1 amide bonds. The smallest absolute Gasteiger partial charge is 0.249 e. The second-order valence-corrected chi connectivity index (χ2v) is 16.8. The molecule has 1 saturated heterocycles. The van der Waals surface area contributed by atoms with Gasteiger partial charge in [-0.2, -0.15) is 0 Å². The van der Waals surface area contributed by atoms with Gasteiger partial charge in [0, 0.05) is 0 Å². The van der Waals surface area contributed by atoms with Gasteiger partial charge < -0.3 is 50.5 Å². The van der Waals surface area contributed by atoms with Crippen molar-refractivity contribution in [3.05, 3.63) is 12.2 Å². The van der Waals surface area contributed by atoms with E-state index in [9.17, 15) is 40.5 Å². The van der Waals surface area contributed by atoms with Crippen molar-refractivity contribution in [3.63, 3.8) is 0 Å². The average Bonchev–Trinajstić information content (AvgIpc) is 3.21. The molecule has 0 aromatic carbocycles. The summed E-state index contributed by atoms with van der Waals surface area (Å²) in [5.41, 5.74) is 0. The van der Waals surface area contributed by atoms with E-state index in [1.165, 1.54) is 122 Å². The lowest BCUT2D eigenvalue weighted by molar-refractivity contribution is -0.303. The van der Waals surface area contributed by atoms with E-state index < -0.39 is 74.2 Å². The molecule has 1 aliphatic heterocycles. The summed E-state index contributed by atoms with van der Waals surface area (Å²) in [6.07, 6.45) is 26.8. The van der Waals surface area contributed by atoms with Crippen molar-refractivity contribution < 1.29 is 50.0 Å². The zero-order valence-electron chi connectivity index (χ0n) is 36.3. The molecule has 0 aromatic heterocycles. The first-order chi connectivity index (χ1) is 27.7. The molecule has 11 nitrogen and oxygen atoms in total. The summed E-state index contributed by atoms with van der Waals surface area (Å²) >= 11 is 0. The Labute approximate surface area is 347 Å². The highest BCUT2D eigenvalue weighted by atomic mass is 16.7. The van der Waals surface area contributed by atoms with Gasteiger partial charge in [-0.3, -0.25) is 4.79 Å². The molecule has 0 saturated carbocycles. The van der Waals surface area contributed by atoms with E-state index in [0.29, 0.717) is 19.3 Å². The lowest BCUT2D eigenvalue weighted by Gasteiger charge is -2.40. The van der Waals surface area contributed by atoms with Gasteiger partial charge in [-0.15, -0.1) is 0 Å². The molecule has 0 bridgehead atoms.